The highest BCUT2D eigenvalue weighted by Gasteiger charge is 2.10. The molecule has 0 aromatic heterocycles. The first-order valence-corrected chi connectivity index (χ1v) is 7.03. The molecule has 4 nitrogen and oxygen atoms in total. The van der Waals surface area contributed by atoms with E-state index >= 15 is 0 Å². The number of benzene rings is 2. The Hall–Kier alpha value is -2.75. The van der Waals surface area contributed by atoms with Crippen LogP contribution in [0.3, 0.4) is 0 Å². The lowest BCUT2D eigenvalue weighted by Crippen LogP contribution is -2.08. The Kier molecular flexibility index (Phi) is 5.20. The van der Waals surface area contributed by atoms with Crippen LogP contribution in [0, 0.1) is 0 Å². The van der Waals surface area contributed by atoms with E-state index in [1.807, 2.05) is 6.92 Å². The molecule has 0 radical (unpaired) electrons. The first-order valence-electron chi connectivity index (χ1n) is 7.03. The molecule has 0 fully saturated rings. The number of aromatic hydroxyl groups is 2. The summed E-state index contributed by atoms with van der Waals surface area (Å²) in [4.78, 5) is 5.51. The lowest BCUT2D eigenvalue weighted by molar-refractivity contribution is 0.0751. The van der Waals surface area contributed by atoms with E-state index in [4.69, 9.17) is 4.84 Å². The van der Waals surface area contributed by atoms with E-state index in [0.29, 0.717) is 12.1 Å². The summed E-state index contributed by atoms with van der Waals surface area (Å²) in [7, 11) is 0. The summed E-state index contributed by atoms with van der Waals surface area (Å²) < 4.78 is 0. The molecule has 0 amide bonds. The molecular formula is C18H19NO3. The Morgan fingerprint density at radius 1 is 1.05 bits per heavy atom. The second-order valence-corrected chi connectivity index (χ2v) is 4.97. The van der Waals surface area contributed by atoms with E-state index in [1.165, 1.54) is 0 Å². The average Bonchev–Trinajstić information content (AvgIpc) is 2.51. The molecule has 0 heterocycles. The maximum atomic E-state index is 9.42. The van der Waals surface area contributed by atoms with Gasteiger partial charge in [-0.2, -0.15) is 0 Å². The highest BCUT2D eigenvalue weighted by Crippen LogP contribution is 2.18. The van der Waals surface area contributed by atoms with Crippen molar-refractivity contribution in [3.63, 3.8) is 0 Å². The first-order chi connectivity index (χ1) is 10.6. The van der Waals surface area contributed by atoms with Crippen LogP contribution in [-0.2, 0) is 4.84 Å². The third-order valence-corrected chi connectivity index (χ3v) is 3.10. The van der Waals surface area contributed by atoms with Crippen LogP contribution in [-0.4, -0.2) is 22.0 Å². The molecule has 2 N–H and O–H groups in total. The van der Waals surface area contributed by atoms with Crippen LogP contribution < -0.4 is 0 Å². The fourth-order valence-electron chi connectivity index (χ4n) is 1.93. The van der Waals surface area contributed by atoms with Crippen LogP contribution in [0.5, 0.6) is 11.5 Å². The van der Waals surface area contributed by atoms with E-state index < -0.39 is 0 Å². The normalized spacial score (nSPS) is 11.5. The summed E-state index contributed by atoms with van der Waals surface area (Å²) in [6.45, 7) is 5.59. The van der Waals surface area contributed by atoms with Gasteiger partial charge in [-0.25, -0.2) is 0 Å². The molecule has 114 valence electrons. The van der Waals surface area contributed by atoms with E-state index in [9.17, 15) is 10.2 Å². The number of phenols is 2. The Balaban J connectivity index is 2.35. The van der Waals surface area contributed by atoms with E-state index in [0.717, 1.165) is 11.1 Å². The molecule has 22 heavy (non-hydrogen) atoms. The number of hydrogen-bond acceptors (Lipinski definition) is 4. The lowest BCUT2D eigenvalue weighted by Gasteiger charge is -2.11. The van der Waals surface area contributed by atoms with Crippen molar-refractivity contribution < 1.29 is 15.1 Å². The van der Waals surface area contributed by atoms with E-state index in [-0.39, 0.29) is 17.6 Å². The van der Waals surface area contributed by atoms with Crippen molar-refractivity contribution in [3.8, 4) is 11.5 Å². The van der Waals surface area contributed by atoms with E-state index in [2.05, 4.69) is 11.7 Å². The number of hydrogen-bond donors (Lipinski definition) is 2. The Morgan fingerprint density at radius 2 is 1.50 bits per heavy atom. The molecule has 0 saturated heterocycles. The number of rotatable bonds is 6. The van der Waals surface area contributed by atoms with Gasteiger partial charge >= 0.3 is 0 Å². The highest BCUT2D eigenvalue weighted by molar-refractivity contribution is 6.12. The van der Waals surface area contributed by atoms with Gasteiger partial charge in [0.15, 0.2) is 0 Å². The van der Waals surface area contributed by atoms with Crippen LogP contribution >= 0.6 is 0 Å². The van der Waals surface area contributed by atoms with Gasteiger partial charge in [-0.15, -0.1) is 6.58 Å². The van der Waals surface area contributed by atoms with Gasteiger partial charge in [0.25, 0.3) is 0 Å². The molecule has 0 aliphatic heterocycles. The van der Waals surface area contributed by atoms with Gasteiger partial charge in [0.2, 0.25) is 0 Å². The Bertz CT molecular complexity index is 598. The van der Waals surface area contributed by atoms with Crippen LogP contribution in [0.15, 0.2) is 66.3 Å². The van der Waals surface area contributed by atoms with Crippen molar-refractivity contribution in [2.24, 2.45) is 5.16 Å². The molecule has 1 unspecified atom stereocenters. The molecule has 0 spiro atoms. The maximum Gasteiger partial charge on any atom is 0.128 e. The minimum atomic E-state index is -0.0817. The molecule has 0 aliphatic rings. The predicted molar refractivity (Wildman–Crippen MR) is 87.2 cm³/mol. The van der Waals surface area contributed by atoms with Crippen molar-refractivity contribution in [3.05, 3.63) is 72.3 Å². The molecule has 0 saturated carbocycles. The molecule has 1 atom stereocenters. The summed E-state index contributed by atoms with van der Waals surface area (Å²) in [6.07, 6.45) is 2.39. The summed E-state index contributed by atoms with van der Waals surface area (Å²) in [5.41, 5.74) is 2.26. The third kappa shape index (κ3) is 4.12. The number of oxime groups is 1. The molecule has 0 aliphatic carbocycles. The van der Waals surface area contributed by atoms with Gasteiger partial charge in [-0.3, -0.25) is 0 Å². The van der Waals surface area contributed by atoms with Gasteiger partial charge < -0.3 is 15.1 Å². The van der Waals surface area contributed by atoms with Crippen LogP contribution in [0.2, 0.25) is 0 Å². The smallest absolute Gasteiger partial charge is 0.128 e. The topological polar surface area (TPSA) is 62.0 Å². The highest BCUT2D eigenvalue weighted by atomic mass is 16.6. The van der Waals surface area contributed by atoms with Crippen LogP contribution in [0.4, 0.5) is 0 Å². The predicted octanol–water partition coefficient (Wildman–Crippen LogP) is 3.83. The van der Waals surface area contributed by atoms with Gasteiger partial charge in [0.1, 0.15) is 23.3 Å². The maximum absolute atomic E-state index is 9.42. The zero-order valence-corrected chi connectivity index (χ0v) is 12.4. The van der Waals surface area contributed by atoms with Crippen LogP contribution in [0.25, 0.3) is 0 Å². The molecule has 2 aromatic rings. The van der Waals surface area contributed by atoms with Crippen molar-refractivity contribution >= 4 is 5.71 Å². The zero-order chi connectivity index (χ0) is 15.9. The summed E-state index contributed by atoms with van der Waals surface area (Å²) in [5.74, 6) is 0.379. The zero-order valence-electron chi connectivity index (χ0n) is 12.4. The molecule has 2 aromatic carbocycles. The SMILES string of the molecule is C=CCC(C)ON=C(c1ccc(O)cc1)c1ccc(O)cc1. The largest absolute Gasteiger partial charge is 0.508 e. The fraction of sp³-hybridized carbons (Fsp3) is 0.167. The monoisotopic (exact) mass is 297 g/mol. The second-order valence-electron chi connectivity index (χ2n) is 4.97. The molecule has 0 bridgehead atoms. The number of phenolic OH excluding ortho intramolecular Hbond substituents is 2. The summed E-state index contributed by atoms with van der Waals surface area (Å²) >= 11 is 0. The second kappa shape index (κ2) is 7.31. The molecule has 2 rings (SSSR count). The van der Waals surface area contributed by atoms with Crippen molar-refractivity contribution in [1.29, 1.82) is 0 Å². The van der Waals surface area contributed by atoms with Crippen molar-refractivity contribution in [2.75, 3.05) is 0 Å². The van der Waals surface area contributed by atoms with Gasteiger partial charge in [-0.05, 0) is 55.5 Å². The Labute approximate surface area is 130 Å². The third-order valence-electron chi connectivity index (χ3n) is 3.10. The Morgan fingerprint density at radius 3 is 1.91 bits per heavy atom. The average molecular weight is 297 g/mol. The van der Waals surface area contributed by atoms with E-state index in [1.54, 1.807) is 54.6 Å². The summed E-state index contributed by atoms with van der Waals surface area (Å²) in [5, 5.41) is 23.1. The van der Waals surface area contributed by atoms with Gasteiger partial charge in [0, 0.05) is 17.5 Å². The molecule has 4 heteroatoms. The lowest BCUT2D eigenvalue weighted by atomic mass is 10.0. The quantitative estimate of drug-likeness (QED) is 0.484. The van der Waals surface area contributed by atoms with Gasteiger partial charge in [0.05, 0.1) is 0 Å². The summed E-state index contributed by atoms with van der Waals surface area (Å²) in [6, 6.07) is 13.4. The van der Waals surface area contributed by atoms with Crippen LogP contribution in [0.1, 0.15) is 24.5 Å². The number of nitrogens with zero attached hydrogens (tertiary/aromatic N) is 1. The minimum Gasteiger partial charge on any atom is -0.508 e. The fourth-order valence-corrected chi connectivity index (χ4v) is 1.93. The standard InChI is InChI=1S/C18H19NO3/c1-3-4-13(2)22-19-18(14-5-9-16(20)10-6-14)15-7-11-17(21)12-8-15/h3,5-13,20-21H,1,4H2,2H3. The van der Waals surface area contributed by atoms with Crippen molar-refractivity contribution in [1.82, 2.24) is 0 Å². The minimum absolute atomic E-state index is 0.0817. The van der Waals surface area contributed by atoms with Crippen molar-refractivity contribution in [2.45, 2.75) is 19.4 Å². The van der Waals surface area contributed by atoms with Gasteiger partial charge in [-0.1, -0.05) is 11.2 Å². The molecular weight excluding hydrogens is 278 g/mol. The first kappa shape index (κ1) is 15.6.